The van der Waals surface area contributed by atoms with E-state index in [0.29, 0.717) is 17.1 Å². The average Bonchev–Trinajstić information content (AvgIpc) is 2.45. The van der Waals surface area contributed by atoms with E-state index >= 15 is 0 Å². The molecule has 0 atom stereocenters. The molecular formula is C15H15N3O3. The molecule has 0 aliphatic heterocycles. The number of carbonyl (C=O) groups is 2. The summed E-state index contributed by atoms with van der Waals surface area (Å²) in [6.07, 6.45) is 0. The molecule has 0 radical (unpaired) electrons. The standard InChI is InChI=1S/C15H15N3O3/c16-10-4-3-5-11(8-10)21-9-14(19)18-13-7-2-1-6-12(13)15(17)20/h1-8H,9,16H2,(H2,17,20)(H,18,19). The summed E-state index contributed by atoms with van der Waals surface area (Å²) in [6, 6.07) is 13.3. The Morgan fingerprint density at radius 3 is 2.57 bits per heavy atom. The molecule has 6 nitrogen and oxygen atoms in total. The molecule has 0 fully saturated rings. The van der Waals surface area contributed by atoms with E-state index in [-0.39, 0.29) is 12.2 Å². The molecule has 5 N–H and O–H groups in total. The smallest absolute Gasteiger partial charge is 0.262 e. The lowest BCUT2D eigenvalue weighted by Gasteiger charge is -2.10. The molecular weight excluding hydrogens is 270 g/mol. The van der Waals surface area contributed by atoms with Crippen LogP contribution in [0.15, 0.2) is 48.5 Å². The van der Waals surface area contributed by atoms with Crippen molar-refractivity contribution < 1.29 is 14.3 Å². The molecule has 2 amide bonds. The summed E-state index contributed by atoms with van der Waals surface area (Å²) < 4.78 is 5.31. The predicted octanol–water partition coefficient (Wildman–Crippen LogP) is 1.39. The number of primary amides is 1. The zero-order valence-corrected chi connectivity index (χ0v) is 11.2. The summed E-state index contributed by atoms with van der Waals surface area (Å²) >= 11 is 0. The lowest BCUT2D eigenvalue weighted by Crippen LogP contribution is -2.22. The predicted molar refractivity (Wildman–Crippen MR) is 79.9 cm³/mol. The highest BCUT2D eigenvalue weighted by molar-refractivity contribution is 6.03. The molecule has 0 saturated heterocycles. The first-order chi connectivity index (χ1) is 10.1. The van der Waals surface area contributed by atoms with E-state index < -0.39 is 11.8 Å². The van der Waals surface area contributed by atoms with Crippen molar-refractivity contribution in [1.29, 1.82) is 0 Å². The van der Waals surface area contributed by atoms with Crippen molar-refractivity contribution in [3.8, 4) is 5.75 Å². The number of nitrogens with two attached hydrogens (primary N) is 2. The number of hydrogen-bond acceptors (Lipinski definition) is 4. The molecule has 2 rings (SSSR count). The third-order valence-corrected chi connectivity index (χ3v) is 2.69. The van der Waals surface area contributed by atoms with Gasteiger partial charge in [0.05, 0.1) is 11.3 Å². The monoisotopic (exact) mass is 285 g/mol. The lowest BCUT2D eigenvalue weighted by atomic mass is 10.1. The topological polar surface area (TPSA) is 107 Å². The van der Waals surface area contributed by atoms with Crippen LogP contribution in [0.1, 0.15) is 10.4 Å². The van der Waals surface area contributed by atoms with E-state index in [1.807, 2.05) is 0 Å². The first-order valence-corrected chi connectivity index (χ1v) is 6.23. The fourth-order valence-electron chi connectivity index (χ4n) is 1.75. The van der Waals surface area contributed by atoms with Gasteiger partial charge in [-0.2, -0.15) is 0 Å². The first kappa shape index (κ1) is 14.4. The van der Waals surface area contributed by atoms with Crippen LogP contribution in [-0.4, -0.2) is 18.4 Å². The summed E-state index contributed by atoms with van der Waals surface area (Å²) in [4.78, 5) is 23.1. The van der Waals surface area contributed by atoms with Gasteiger partial charge in [0, 0.05) is 11.8 Å². The summed E-state index contributed by atoms with van der Waals surface area (Å²) in [5, 5.41) is 2.58. The maximum Gasteiger partial charge on any atom is 0.262 e. The zero-order valence-electron chi connectivity index (χ0n) is 11.2. The summed E-state index contributed by atoms with van der Waals surface area (Å²) in [7, 11) is 0. The van der Waals surface area contributed by atoms with E-state index in [1.54, 1.807) is 42.5 Å². The van der Waals surface area contributed by atoms with Gasteiger partial charge in [0.15, 0.2) is 6.61 Å². The molecule has 0 saturated carbocycles. The second-order valence-electron chi connectivity index (χ2n) is 4.32. The largest absolute Gasteiger partial charge is 0.484 e. The number of nitrogens with one attached hydrogen (secondary N) is 1. The highest BCUT2D eigenvalue weighted by Crippen LogP contribution is 2.16. The van der Waals surface area contributed by atoms with Gasteiger partial charge in [0.2, 0.25) is 0 Å². The van der Waals surface area contributed by atoms with Crippen molar-refractivity contribution in [3.63, 3.8) is 0 Å². The van der Waals surface area contributed by atoms with Gasteiger partial charge in [0.25, 0.3) is 11.8 Å². The van der Waals surface area contributed by atoms with Crippen molar-refractivity contribution in [2.24, 2.45) is 5.73 Å². The number of carbonyl (C=O) groups excluding carboxylic acids is 2. The molecule has 108 valence electrons. The number of benzene rings is 2. The van der Waals surface area contributed by atoms with E-state index in [4.69, 9.17) is 16.2 Å². The van der Waals surface area contributed by atoms with Crippen molar-refractivity contribution in [1.82, 2.24) is 0 Å². The molecule has 0 aliphatic rings. The fourth-order valence-corrected chi connectivity index (χ4v) is 1.75. The van der Waals surface area contributed by atoms with Crippen LogP contribution in [0.2, 0.25) is 0 Å². The Hall–Kier alpha value is -3.02. The Morgan fingerprint density at radius 2 is 1.86 bits per heavy atom. The quantitative estimate of drug-likeness (QED) is 0.721. The molecule has 0 aromatic heterocycles. The maximum atomic E-state index is 11.8. The molecule has 0 aliphatic carbocycles. The second kappa shape index (κ2) is 6.42. The molecule has 0 heterocycles. The SMILES string of the molecule is NC(=O)c1ccccc1NC(=O)COc1cccc(N)c1. The van der Waals surface area contributed by atoms with Crippen LogP contribution in [0.4, 0.5) is 11.4 Å². The minimum Gasteiger partial charge on any atom is -0.484 e. The Labute approximate surface area is 121 Å². The van der Waals surface area contributed by atoms with Gasteiger partial charge in [-0.25, -0.2) is 0 Å². The third-order valence-electron chi connectivity index (χ3n) is 2.69. The zero-order chi connectivity index (χ0) is 15.2. The second-order valence-corrected chi connectivity index (χ2v) is 4.32. The first-order valence-electron chi connectivity index (χ1n) is 6.23. The van der Waals surface area contributed by atoms with E-state index in [9.17, 15) is 9.59 Å². The van der Waals surface area contributed by atoms with Crippen LogP contribution in [0.3, 0.4) is 0 Å². The van der Waals surface area contributed by atoms with Crippen LogP contribution >= 0.6 is 0 Å². The van der Waals surface area contributed by atoms with Gasteiger partial charge in [-0.05, 0) is 24.3 Å². The van der Waals surface area contributed by atoms with Crippen molar-refractivity contribution in [3.05, 3.63) is 54.1 Å². The van der Waals surface area contributed by atoms with E-state index in [0.717, 1.165) is 0 Å². The van der Waals surface area contributed by atoms with E-state index in [1.165, 1.54) is 6.07 Å². The Morgan fingerprint density at radius 1 is 1.10 bits per heavy atom. The number of rotatable bonds is 5. The molecule has 2 aromatic carbocycles. The van der Waals surface area contributed by atoms with Crippen molar-refractivity contribution in [2.45, 2.75) is 0 Å². The molecule has 21 heavy (non-hydrogen) atoms. The summed E-state index contributed by atoms with van der Waals surface area (Å²) in [5.74, 6) is -0.512. The Balaban J connectivity index is 1.98. The lowest BCUT2D eigenvalue weighted by molar-refractivity contribution is -0.118. The van der Waals surface area contributed by atoms with Gasteiger partial charge >= 0.3 is 0 Å². The fraction of sp³-hybridized carbons (Fsp3) is 0.0667. The molecule has 0 unspecified atom stereocenters. The minimum absolute atomic E-state index is 0.198. The number of para-hydroxylation sites is 1. The van der Waals surface area contributed by atoms with Gasteiger partial charge in [0.1, 0.15) is 5.75 Å². The van der Waals surface area contributed by atoms with Crippen molar-refractivity contribution >= 4 is 23.2 Å². The molecule has 0 bridgehead atoms. The van der Waals surface area contributed by atoms with Gasteiger partial charge in [-0.3, -0.25) is 9.59 Å². The number of amides is 2. The van der Waals surface area contributed by atoms with Gasteiger partial charge in [-0.15, -0.1) is 0 Å². The number of hydrogen-bond donors (Lipinski definition) is 3. The van der Waals surface area contributed by atoms with Crippen LogP contribution in [0, 0.1) is 0 Å². The minimum atomic E-state index is -0.609. The van der Waals surface area contributed by atoms with Gasteiger partial charge < -0.3 is 21.5 Å². The van der Waals surface area contributed by atoms with E-state index in [2.05, 4.69) is 5.32 Å². The van der Waals surface area contributed by atoms with Crippen LogP contribution < -0.4 is 21.5 Å². The highest BCUT2D eigenvalue weighted by atomic mass is 16.5. The van der Waals surface area contributed by atoms with Crippen LogP contribution in [0.25, 0.3) is 0 Å². The average molecular weight is 285 g/mol. The number of anilines is 2. The van der Waals surface area contributed by atoms with Crippen molar-refractivity contribution in [2.75, 3.05) is 17.7 Å². The highest BCUT2D eigenvalue weighted by Gasteiger charge is 2.10. The normalized spacial score (nSPS) is 9.90. The molecule has 2 aromatic rings. The Kier molecular flexibility index (Phi) is 4.40. The Bertz CT molecular complexity index is 671. The van der Waals surface area contributed by atoms with Crippen LogP contribution in [-0.2, 0) is 4.79 Å². The maximum absolute atomic E-state index is 11.8. The third kappa shape index (κ3) is 3.97. The summed E-state index contributed by atoms with van der Waals surface area (Å²) in [5.41, 5.74) is 12.0. The summed E-state index contributed by atoms with van der Waals surface area (Å²) in [6.45, 7) is -0.198. The molecule has 0 spiro atoms. The van der Waals surface area contributed by atoms with Crippen LogP contribution in [0.5, 0.6) is 5.75 Å². The number of nitrogen functional groups attached to an aromatic ring is 1. The number of ether oxygens (including phenoxy) is 1. The molecule has 6 heteroatoms. The van der Waals surface area contributed by atoms with Gasteiger partial charge in [-0.1, -0.05) is 18.2 Å².